The standard InChI is InChI=1S/C30H41N3O4/c1-8-35-23-11-9-21(10-12-23)31-28-32-25-16-24(36-19-27(34)37-29(3,4)5)13-14-26(25)33(28)22-15-20(2)17-30(6,7)18-22/h9-14,16,20,22H,8,15,17-19H2,1-7H3,(H,31,32)/t20-,22+/m1/s1. The van der Waals surface area contributed by atoms with Crippen molar-refractivity contribution in [1.29, 1.82) is 0 Å². The predicted molar refractivity (Wildman–Crippen MR) is 148 cm³/mol. The first-order valence-electron chi connectivity index (χ1n) is 13.3. The number of carbonyl (C=O) groups is 1. The Bertz CT molecular complexity index is 1220. The average Bonchev–Trinajstić information content (AvgIpc) is 3.13. The van der Waals surface area contributed by atoms with Gasteiger partial charge < -0.3 is 24.1 Å². The second kappa shape index (κ2) is 10.6. The molecular formula is C30H41N3O4. The summed E-state index contributed by atoms with van der Waals surface area (Å²) < 4.78 is 19.1. The van der Waals surface area contributed by atoms with Crippen LogP contribution in [0.2, 0.25) is 0 Å². The maximum absolute atomic E-state index is 12.1. The van der Waals surface area contributed by atoms with Crippen LogP contribution in [0, 0.1) is 11.3 Å². The molecule has 7 nitrogen and oxygen atoms in total. The molecule has 0 radical (unpaired) electrons. The lowest BCUT2D eigenvalue weighted by atomic mass is 9.70. The molecule has 1 fully saturated rings. The molecule has 0 unspecified atom stereocenters. The first-order chi connectivity index (χ1) is 17.4. The zero-order valence-electron chi connectivity index (χ0n) is 23.3. The molecule has 200 valence electrons. The molecule has 2 aromatic carbocycles. The fourth-order valence-corrected chi connectivity index (χ4v) is 5.56. The highest BCUT2D eigenvalue weighted by Crippen LogP contribution is 2.46. The second-order valence-corrected chi connectivity index (χ2v) is 12.0. The molecule has 1 saturated carbocycles. The van der Waals surface area contributed by atoms with Gasteiger partial charge >= 0.3 is 5.97 Å². The summed E-state index contributed by atoms with van der Waals surface area (Å²) in [4.78, 5) is 17.1. The number of anilines is 2. The summed E-state index contributed by atoms with van der Waals surface area (Å²) in [6, 6.07) is 14.1. The summed E-state index contributed by atoms with van der Waals surface area (Å²) in [5.41, 5.74) is 2.53. The number of nitrogens with zero attached hydrogens (tertiary/aromatic N) is 2. The summed E-state index contributed by atoms with van der Waals surface area (Å²) >= 11 is 0. The molecule has 4 rings (SSSR count). The summed E-state index contributed by atoms with van der Waals surface area (Å²) in [6.45, 7) is 15.1. The average molecular weight is 508 g/mol. The lowest BCUT2D eigenvalue weighted by Gasteiger charge is -2.40. The highest BCUT2D eigenvalue weighted by molar-refractivity contribution is 5.81. The number of ether oxygens (including phenoxy) is 3. The summed E-state index contributed by atoms with van der Waals surface area (Å²) in [6.07, 6.45) is 3.40. The van der Waals surface area contributed by atoms with E-state index in [1.807, 2.05) is 70.2 Å². The Morgan fingerprint density at radius 2 is 1.78 bits per heavy atom. The van der Waals surface area contributed by atoms with Gasteiger partial charge in [-0.3, -0.25) is 0 Å². The van der Waals surface area contributed by atoms with E-state index in [1.54, 1.807) is 0 Å². The van der Waals surface area contributed by atoms with Gasteiger partial charge in [0.1, 0.15) is 17.1 Å². The van der Waals surface area contributed by atoms with Gasteiger partial charge in [-0.2, -0.15) is 0 Å². The summed E-state index contributed by atoms with van der Waals surface area (Å²) in [7, 11) is 0. The molecule has 0 aliphatic heterocycles. The molecule has 2 atom stereocenters. The smallest absolute Gasteiger partial charge is 0.344 e. The van der Waals surface area contributed by atoms with Crippen molar-refractivity contribution in [1.82, 2.24) is 9.55 Å². The van der Waals surface area contributed by atoms with E-state index in [4.69, 9.17) is 19.2 Å². The number of hydrogen-bond donors (Lipinski definition) is 1. The van der Waals surface area contributed by atoms with Crippen LogP contribution in [0.15, 0.2) is 42.5 Å². The number of aromatic nitrogens is 2. The number of esters is 1. The van der Waals surface area contributed by atoms with Crippen molar-refractivity contribution >= 4 is 28.6 Å². The Balaban J connectivity index is 1.65. The van der Waals surface area contributed by atoms with Crippen LogP contribution in [0.25, 0.3) is 11.0 Å². The third kappa shape index (κ3) is 6.96. The van der Waals surface area contributed by atoms with Gasteiger partial charge in [0, 0.05) is 17.8 Å². The van der Waals surface area contributed by atoms with Crippen molar-refractivity contribution < 1.29 is 19.0 Å². The first-order valence-corrected chi connectivity index (χ1v) is 13.3. The fourth-order valence-electron chi connectivity index (χ4n) is 5.56. The second-order valence-electron chi connectivity index (χ2n) is 12.0. The minimum absolute atomic E-state index is 0.144. The lowest BCUT2D eigenvalue weighted by molar-refractivity contribution is -0.157. The van der Waals surface area contributed by atoms with Crippen LogP contribution in [0.1, 0.15) is 73.8 Å². The van der Waals surface area contributed by atoms with E-state index in [9.17, 15) is 4.79 Å². The van der Waals surface area contributed by atoms with E-state index in [0.29, 0.717) is 24.3 Å². The van der Waals surface area contributed by atoms with Crippen molar-refractivity contribution in [3.8, 4) is 11.5 Å². The maximum atomic E-state index is 12.1. The monoisotopic (exact) mass is 507 g/mol. The van der Waals surface area contributed by atoms with Crippen LogP contribution in [0.4, 0.5) is 11.6 Å². The molecule has 1 N–H and O–H groups in total. The number of carbonyl (C=O) groups excluding carboxylic acids is 1. The van der Waals surface area contributed by atoms with E-state index >= 15 is 0 Å². The molecule has 1 heterocycles. The third-order valence-corrected chi connectivity index (χ3v) is 6.59. The van der Waals surface area contributed by atoms with E-state index in [0.717, 1.165) is 41.3 Å². The largest absolute Gasteiger partial charge is 0.494 e. The number of nitrogens with one attached hydrogen (secondary N) is 1. The van der Waals surface area contributed by atoms with E-state index in [1.165, 1.54) is 6.42 Å². The predicted octanol–water partition coefficient (Wildman–Crippen LogP) is 7.29. The van der Waals surface area contributed by atoms with Crippen LogP contribution in [-0.4, -0.2) is 34.3 Å². The van der Waals surface area contributed by atoms with Crippen molar-refractivity contribution in [3.05, 3.63) is 42.5 Å². The molecule has 0 saturated heterocycles. The zero-order valence-corrected chi connectivity index (χ0v) is 23.3. The molecule has 1 aromatic heterocycles. The number of fused-ring (bicyclic) bond motifs is 1. The van der Waals surface area contributed by atoms with Crippen LogP contribution < -0.4 is 14.8 Å². The topological polar surface area (TPSA) is 74.6 Å². The minimum Gasteiger partial charge on any atom is -0.494 e. The van der Waals surface area contributed by atoms with Gasteiger partial charge in [-0.15, -0.1) is 0 Å². The van der Waals surface area contributed by atoms with Crippen LogP contribution in [-0.2, 0) is 9.53 Å². The van der Waals surface area contributed by atoms with Gasteiger partial charge in [-0.25, -0.2) is 9.78 Å². The number of hydrogen-bond acceptors (Lipinski definition) is 6. The summed E-state index contributed by atoms with van der Waals surface area (Å²) in [5.74, 6) is 2.47. The zero-order chi connectivity index (χ0) is 26.8. The molecule has 1 aliphatic rings. The third-order valence-electron chi connectivity index (χ3n) is 6.59. The van der Waals surface area contributed by atoms with Gasteiger partial charge in [0.25, 0.3) is 0 Å². The van der Waals surface area contributed by atoms with Crippen LogP contribution >= 0.6 is 0 Å². The van der Waals surface area contributed by atoms with Gasteiger partial charge in [0.05, 0.1) is 17.6 Å². The molecular weight excluding hydrogens is 466 g/mol. The highest BCUT2D eigenvalue weighted by atomic mass is 16.6. The Labute approximate surface area is 220 Å². The van der Waals surface area contributed by atoms with Gasteiger partial charge in [-0.05, 0) is 94.7 Å². The highest BCUT2D eigenvalue weighted by Gasteiger charge is 2.34. The maximum Gasteiger partial charge on any atom is 0.344 e. The normalized spacial score (nSPS) is 19.4. The van der Waals surface area contributed by atoms with Crippen molar-refractivity contribution in [2.45, 2.75) is 79.4 Å². The number of rotatable bonds is 8. The Morgan fingerprint density at radius 1 is 1.08 bits per heavy atom. The molecule has 0 spiro atoms. The van der Waals surface area contributed by atoms with Crippen molar-refractivity contribution in [3.63, 3.8) is 0 Å². The van der Waals surface area contributed by atoms with Crippen molar-refractivity contribution in [2.75, 3.05) is 18.5 Å². The van der Waals surface area contributed by atoms with E-state index in [-0.39, 0.29) is 12.0 Å². The van der Waals surface area contributed by atoms with Gasteiger partial charge in [0.2, 0.25) is 5.95 Å². The molecule has 3 aromatic rings. The minimum atomic E-state index is -0.546. The van der Waals surface area contributed by atoms with E-state index in [2.05, 4.69) is 30.7 Å². The Kier molecular flexibility index (Phi) is 7.72. The SMILES string of the molecule is CCOc1ccc(Nc2nc3cc(OCC(=O)OC(C)(C)C)ccc3n2[C@H]2C[C@@H](C)CC(C)(C)C2)cc1. The van der Waals surface area contributed by atoms with E-state index < -0.39 is 11.6 Å². The molecule has 37 heavy (non-hydrogen) atoms. The number of benzene rings is 2. The Morgan fingerprint density at radius 3 is 2.43 bits per heavy atom. The Hall–Kier alpha value is -3.22. The lowest BCUT2D eigenvalue weighted by Crippen LogP contribution is -2.29. The molecule has 7 heteroatoms. The molecule has 0 amide bonds. The number of imidazole rings is 1. The van der Waals surface area contributed by atoms with Crippen LogP contribution in [0.5, 0.6) is 11.5 Å². The van der Waals surface area contributed by atoms with Crippen molar-refractivity contribution in [2.24, 2.45) is 11.3 Å². The van der Waals surface area contributed by atoms with Gasteiger partial charge in [-0.1, -0.05) is 20.8 Å². The molecule has 0 bridgehead atoms. The first kappa shape index (κ1) is 26.8. The fraction of sp³-hybridized carbons (Fsp3) is 0.533. The quantitative estimate of drug-likeness (QED) is 0.323. The molecule has 1 aliphatic carbocycles. The van der Waals surface area contributed by atoms with Crippen LogP contribution in [0.3, 0.4) is 0 Å². The van der Waals surface area contributed by atoms with Gasteiger partial charge in [0.15, 0.2) is 6.61 Å². The summed E-state index contributed by atoms with van der Waals surface area (Å²) in [5, 5.41) is 3.55.